The van der Waals surface area contributed by atoms with Crippen LogP contribution in [0.3, 0.4) is 0 Å². The molecule has 0 amide bonds. The molecule has 1 atom stereocenters. The highest BCUT2D eigenvalue weighted by atomic mass is 16.5. The third kappa shape index (κ3) is 2.43. The largest absolute Gasteiger partial charge is 0.481 e. The Kier molecular flexibility index (Phi) is 3.85. The standard InChI is InChI=1S/C10H17N3O/c1-13(2)9(6-11)8-4-5-10(14-3)12-7-8/h4-5,7,9H,6,11H2,1-3H3. The molecule has 1 aromatic rings. The predicted molar refractivity (Wildman–Crippen MR) is 56.3 cm³/mol. The van der Waals surface area contributed by atoms with Crippen molar-refractivity contribution in [1.29, 1.82) is 0 Å². The number of nitrogens with zero attached hydrogens (tertiary/aromatic N) is 2. The van der Waals surface area contributed by atoms with Crippen LogP contribution in [-0.2, 0) is 0 Å². The number of methoxy groups -OCH3 is 1. The van der Waals surface area contributed by atoms with E-state index < -0.39 is 0 Å². The van der Waals surface area contributed by atoms with Gasteiger partial charge in [0.25, 0.3) is 0 Å². The Hall–Kier alpha value is -1.13. The van der Waals surface area contributed by atoms with Gasteiger partial charge in [-0.25, -0.2) is 4.98 Å². The molecule has 4 heteroatoms. The van der Waals surface area contributed by atoms with Gasteiger partial charge in [0.2, 0.25) is 5.88 Å². The van der Waals surface area contributed by atoms with Gasteiger partial charge < -0.3 is 15.4 Å². The molecule has 0 aliphatic heterocycles. The van der Waals surface area contributed by atoms with Crippen LogP contribution in [0.25, 0.3) is 0 Å². The smallest absolute Gasteiger partial charge is 0.212 e. The highest BCUT2D eigenvalue weighted by Crippen LogP contribution is 2.17. The molecule has 4 nitrogen and oxygen atoms in total. The molecule has 1 heterocycles. The van der Waals surface area contributed by atoms with Crippen LogP contribution in [-0.4, -0.2) is 37.6 Å². The Balaban J connectivity index is 2.84. The molecule has 2 N–H and O–H groups in total. The Bertz CT molecular complexity index is 271. The third-order valence-electron chi connectivity index (χ3n) is 2.20. The third-order valence-corrected chi connectivity index (χ3v) is 2.20. The Labute approximate surface area is 84.7 Å². The summed E-state index contributed by atoms with van der Waals surface area (Å²) in [7, 11) is 5.61. The molecule has 0 aliphatic carbocycles. The molecule has 1 aromatic heterocycles. The fraction of sp³-hybridized carbons (Fsp3) is 0.500. The van der Waals surface area contributed by atoms with Gasteiger partial charge in [-0.15, -0.1) is 0 Å². The number of nitrogens with two attached hydrogens (primary N) is 1. The summed E-state index contributed by atoms with van der Waals surface area (Å²) in [6.07, 6.45) is 1.80. The van der Waals surface area contributed by atoms with Gasteiger partial charge in [-0.3, -0.25) is 0 Å². The molecule has 0 saturated carbocycles. The van der Waals surface area contributed by atoms with E-state index in [0.29, 0.717) is 12.4 Å². The van der Waals surface area contributed by atoms with E-state index in [0.717, 1.165) is 5.56 Å². The minimum Gasteiger partial charge on any atom is -0.481 e. The zero-order valence-electron chi connectivity index (χ0n) is 8.90. The second-order valence-corrected chi connectivity index (χ2v) is 3.35. The van der Waals surface area contributed by atoms with E-state index in [1.807, 2.05) is 26.2 Å². The summed E-state index contributed by atoms with van der Waals surface area (Å²) in [6, 6.07) is 4.05. The zero-order chi connectivity index (χ0) is 10.6. The molecular weight excluding hydrogens is 178 g/mol. The number of aromatic nitrogens is 1. The maximum atomic E-state index is 5.68. The maximum Gasteiger partial charge on any atom is 0.212 e. The second kappa shape index (κ2) is 4.93. The summed E-state index contributed by atoms with van der Waals surface area (Å²) in [6.45, 7) is 0.584. The minimum atomic E-state index is 0.216. The van der Waals surface area contributed by atoms with Crippen molar-refractivity contribution in [2.24, 2.45) is 5.73 Å². The van der Waals surface area contributed by atoms with Crippen molar-refractivity contribution in [2.75, 3.05) is 27.7 Å². The lowest BCUT2D eigenvalue weighted by Crippen LogP contribution is -2.27. The molecular formula is C10H17N3O. The monoisotopic (exact) mass is 195 g/mol. The zero-order valence-corrected chi connectivity index (χ0v) is 8.90. The van der Waals surface area contributed by atoms with Gasteiger partial charge in [0, 0.05) is 24.8 Å². The molecule has 0 aromatic carbocycles. The molecule has 0 spiro atoms. The van der Waals surface area contributed by atoms with Gasteiger partial charge in [-0.2, -0.15) is 0 Å². The van der Waals surface area contributed by atoms with Crippen LogP contribution in [0.15, 0.2) is 18.3 Å². The first kappa shape index (κ1) is 10.9. The van der Waals surface area contributed by atoms with Crippen molar-refractivity contribution in [3.05, 3.63) is 23.9 Å². The molecule has 1 rings (SSSR count). The van der Waals surface area contributed by atoms with Gasteiger partial charge in [0.05, 0.1) is 7.11 Å². The average molecular weight is 195 g/mol. The van der Waals surface area contributed by atoms with Crippen molar-refractivity contribution in [3.63, 3.8) is 0 Å². The second-order valence-electron chi connectivity index (χ2n) is 3.35. The lowest BCUT2D eigenvalue weighted by molar-refractivity contribution is 0.304. The lowest BCUT2D eigenvalue weighted by Gasteiger charge is -2.22. The predicted octanol–water partition coefficient (Wildman–Crippen LogP) is 0.652. The summed E-state index contributed by atoms with van der Waals surface area (Å²) in [4.78, 5) is 6.22. The van der Waals surface area contributed by atoms with Crippen molar-refractivity contribution in [3.8, 4) is 5.88 Å². The summed E-state index contributed by atoms with van der Waals surface area (Å²) in [5, 5.41) is 0. The van der Waals surface area contributed by atoms with Crippen molar-refractivity contribution in [1.82, 2.24) is 9.88 Å². The summed E-state index contributed by atoms with van der Waals surface area (Å²) < 4.78 is 4.99. The normalized spacial score (nSPS) is 12.9. The number of likely N-dealkylation sites (N-methyl/N-ethyl adjacent to an activating group) is 1. The van der Waals surface area contributed by atoms with Gasteiger partial charge in [-0.05, 0) is 19.7 Å². The van der Waals surface area contributed by atoms with Crippen LogP contribution in [0.5, 0.6) is 5.88 Å². The topological polar surface area (TPSA) is 51.4 Å². The van der Waals surface area contributed by atoms with E-state index in [-0.39, 0.29) is 6.04 Å². The fourth-order valence-corrected chi connectivity index (χ4v) is 1.35. The van der Waals surface area contributed by atoms with Gasteiger partial charge >= 0.3 is 0 Å². The van der Waals surface area contributed by atoms with Crippen molar-refractivity contribution < 1.29 is 4.74 Å². The summed E-state index contributed by atoms with van der Waals surface area (Å²) >= 11 is 0. The molecule has 0 saturated heterocycles. The van der Waals surface area contributed by atoms with E-state index >= 15 is 0 Å². The quantitative estimate of drug-likeness (QED) is 0.766. The molecule has 0 aliphatic rings. The fourth-order valence-electron chi connectivity index (χ4n) is 1.35. The van der Waals surface area contributed by atoms with Crippen LogP contribution in [0, 0.1) is 0 Å². The Morgan fingerprint density at radius 3 is 2.57 bits per heavy atom. The molecule has 1 unspecified atom stereocenters. The first-order valence-corrected chi connectivity index (χ1v) is 4.55. The summed E-state index contributed by atoms with van der Waals surface area (Å²) in [5.74, 6) is 0.628. The van der Waals surface area contributed by atoms with Gasteiger partial charge in [0.15, 0.2) is 0 Å². The molecule has 78 valence electrons. The van der Waals surface area contributed by atoms with Crippen LogP contribution < -0.4 is 10.5 Å². The average Bonchev–Trinajstić information content (AvgIpc) is 2.19. The van der Waals surface area contributed by atoms with Crippen LogP contribution in [0.1, 0.15) is 11.6 Å². The number of pyridine rings is 1. The highest BCUT2D eigenvalue weighted by molar-refractivity contribution is 5.21. The molecule has 0 fully saturated rings. The first-order chi connectivity index (χ1) is 6.69. The molecule has 0 radical (unpaired) electrons. The van der Waals surface area contributed by atoms with E-state index in [2.05, 4.69) is 9.88 Å². The van der Waals surface area contributed by atoms with Crippen LogP contribution >= 0.6 is 0 Å². The lowest BCUT2D eigenvalue weighted by atomic mass is 10.1. The first-order valence-electron chi connectivity index (χ1n) is 4.55. The van der Waals surface area contributed by atoms with Crippen LogP contribution in [0.4, 0.5) is 0 Å². The number of ether oxygens (including phenoxy) is 1. The number of hydrogen-bond donors (Lipinski definition) is 1. The van der Waals surface area contributed by atoms with E-state index in [4.69, 9.17) is 10.5 Å². The minimum absolute atomic E-state index is 0.216. The Morgan fingerprint density at radius 2 is 2.21 bits per heavy atom. The summed E-state index contributed by atoms with van der Waals surface area (Å²) in [5.41, 5.74) is 6.79. The highest BCUT2D eigenvalue weighted by Gasteiger charge is 2.11. The van der Waals surface area contributed by atoms with Crippen molar-refractivity contribution >= 4 is 0 Å². The van der Waals surface area contributed by atoms with Crippen molar-refractivity contribution in [2.45, 2.75) is 6.04 Å². The number of hydrogen-bond acceptors (Lipinski definition) is 4. The molecule has 0 bridgehead atoms. The molecule has 14 heavy (non-hydrogen) atoms. The van der Waals surface area contributed by atoms with Gasteiger partial charge in [-0.1, -0.05) is 6.07 Å². The van der Waals surface area contributed by atoms with E-state index in [9.17, 15) is 0 Å². The van der Waals surface area contributed by atoms with Crippen LogP contribution in [0.2, 0.25) is 0 Å². The van der Waals surface area contributed by atoms with Gasteiger partial charge in [0.1, 0.15) is 0 Å². The van der Waals surface area contributed by atoms with E-state index in [1.54, 1.807) is 13.3 Å². The maximum absolute atomic E-state index is 5.68. The SMILES string of the molecule is COc1ccc(C(CN)N(C)C)cn1. The number of rotatable bonds is 4. The van der Waals surface area contributed by atoms with E-state index in [1.165, 1.54) is 0 Å². The Morgan fingerprint density at radius 1 is 1.50 bits per heavy atom.